The van der Waals surface area contributed by atoms with Gasteiger partial charge in [0.05, 0.1) is 0 Å². The molecule has 4 nitrogen and oxygen atoms in total. The summed E-state index contributed by atoms with van der Waals surface area (Å²) in [5.41, 5.74) is 1.91. The fraction of sp³-hybridized carbons (Fsp3) is 0.182. The molecule has 0 saturated carbocycles. The molecule has 4 heteroatoms. The normalized spacial score (nSPS) is 10.5. The largest absolute Gasteiger partial charge is 0.508 e. The fourth-order valence-corrected chi connectivity index (χ4v) is 1.44. The molecule has 1 heterocycles. The molecule has 0 aliphatic heterocycles. The van der Waals surface area contributed by atoms with E-state index in [1.54, 1.807) is 24.4 Å². The van der Waals surface area contributed by atoms with Crippen LogP contribution in [0.4, 0.5) is 0 Å². The van der Waals surface area contributed by atoms with Gasteiger partial charge in [0.2, 0.25) is 0 Å². The Hall–Kier alpha value is -1.81. The number of hydrogen-bond donors (Lipinski definition) is 3. The van der Waals surface area contributed by atoms with E-state index >= 15 is 0 Å². The highest BCUT2D eigenvalue weighted by atomic mass is 16.3. The summed E-state index contributed by atoms with van der Waals surface area (Å²) >= 11 is 0. The third kappa shape index (κ3) is 2.16. The van der Waals surface area contributed by atoms with Crippen molar-refractivity contribution in [2.24, 2.45) is 0 Å². The lowest BCUT2D eigenvalue weighted by Gasteiger charge is -1.97. The Balaban J connectivity index is 2.29. The number of nitrogens with zero attached hydrogens (tertiary/aromatic N) is 1. The average Bonchev–Trinajstić information content (AvgIpc) is 2.67. The molecule has 78 valence electrons. The molecular weight excluding hydrogens is 190 g/mol. The number of imidazole rings is 1. The summed E-state index contributed by atoms with van der Waals surface area (Å²) in [7, 11) is 1.88. The van der Waals surface area contributed by atoms with Gasteiger partial charge in [-0.1, -0.05) is 12.1 Å². The number of rotatable bonds is 3. The summed E-state index contributed by atoms with van der Waals surface area (Å²) in [5.74, 6) is 1.02. The summed E-state index contributed by atoms with van der Waals surface area (Å²) in [4.78, 5) is 7.41. The second kappa shape index (κ2) is 4.14. The van der Waals surface area contributed by atoms with Crippen molar-refractivity contribution in [2.75, 3.05) is 7.05 Å². The van der Waals surface area contributed by atoms with Gasteiger partial charge in [0.25, 0.3) is 0 Å². The molecule has 0 spiro atoms. The molecular formula is C11H13N3O. The maximum atomic E-state index is 9.33. The number of nitrogens with one attached hydrogen (secondary N) is 2. The predicted octanol–water partition coefficient (Wildman–Crippen LogP) is 1.50. The summed E-state index contributed by atoms with van der Waals surface area (Å²) in [6.45, 7) is 0.756. The van der Waals surface area contributed by atoms with E-state index in [0.717, 1.165) is 23.6 Å². The second-order valence-electron chi connectivity index (χ2n) is 3.34. The quantitative estimate of drug-likeness (QED) is 0.708. The summed E-state index contributed by atoms with van der Waals surface area (Å²) in [6, 6.07) is 7.02. The minimum atomic E-state index is 0.249. The van der Waals surface area contributed by atoms with Gasteiger partial charge in [-0.15, -0.1) is 0 Å². The van der Waals surface area contributed by atoms with Crippen molar-refractivity contribution in [3.05, 3.63) is 36.2 Å². The Morgan fingerprint density at radius 3 is 3.07 bits per heavy atom. The van der Waals surface area contributed by atoms with Crippen molar-refractivity contribution >= 4 is 0 Å². The van der Waals surface area contributed by atoms with E-state index in [0.29, 0.717) is 0 Å². The van der Waals surface area contributed by atoms with E-state index < -0.39 is 0 Å². The highest BCUT2D eigenvalue weighted by molar-refractivity contribution is 5.57. The zero-order chi connectivity index (χ0) is 10.7. The molecule has 0 fully saturated rings. The summed E-state index contributed by atoms with van der Waals surface area (Å²) in [6.07, 6.45) is 1.79. The average molecular weight is 203 g/mol. The van der Waals surface area contributed by atoms with Crippen LogP contribution in [0.15, 0.2) is 30.5 Å². The highest BCUT2D eigenvalue weighted by Gasteiger charge is 2.03. The third-order valence-corrected chi connectivity index (χ3v) is 2.12. The number of phenolic OH excluding ortho intramolecular Hbond substituents is 1. The smallest absolute Gasteiger partial charge is 0.137 e. The minimum absolute atomic E-state index is 0.249. The van der Waals surface area contributed by atoms with Crippen LogP contribution >= 0.6 is 0 Å². The molecule has 0 unspecified atom stereocenters. The Kier molecular flexibility index (Phi) is 2.69. The van der Waals surface area contributed by atoms with E-state index in [4.69, 9.17) is 0 Å². The number of phenols is 1. The van der Waals surface area contributed by atoms with Crippen LogP contribution in [0, 0.1) is 0 Å². The molecule has 0 aliphatic rings. The maximum Gasteiger partial charge on any atom is 0.137 e. The SMILES string of the molecule is CNCc1cnc(-c2cccc(O)c2)[nH]1. The van der Waals surface area contributed by atoms with E-state index in [2.05, 4.69) is 15.3 Å². The van der Waals surface area contributed by atoms with Crippen LogP contribution in [0.5, 0.6) is 5.75 Å². The first kappa shape index (κ1) is 9.73. The van der Waals surface area contributed by atoms with Gasteiger partial charge in [-0.3, -0.25) is 0 Å². The zero-order valence-electron chi connectivity index (χ0n) is 8.49. The van der Waals surface area contributed by atoms with Crippen LogP contribution in [0.2, 0.25) is 0 Å². The Morgan fingerprint density at radius 1 is 1.47 bits per heavy atom. The fourth-order valence-electron chi connectivity index (χ4n) is 1.44. The Morgan fingerprint density at radius 2 is 2.33 bits per heavy atom. The lowest BCUT2D eigenvalue weighted by molar-refractivity contribution is 0.475. The molecule has 1 aromatic carbocycles. The Labute approximate surface area is 88.0 Å². The monoisotopic (exact) mass is 203 g/mol. The molecule has 0 radical (unpaired) electrons. The maximum absolute atomic E-state index is 9.33. The zero-order valence-corrected chi connectivity index (χ0v) is 8.49. The van der Waals surface area contributed by atoms with Gasteiger partial charge in [0.1, 0.15) is 11.6 Å². The van der Waals surface area contributed by atoms with Gasteiger partial charge in [0, 0.05) is 24.0 Å². The van der Waals surface area contributed by atoms with Crippen molar-refractivity contribution in [3.63, 3.8) is 0 Å². The van der Waals surface area contributed by atoms with E-state index in [1.165, 1.54) is 0 Å². The van der Waals surface area contributed by atoms with Crippen LogP contribution in [0.1, 0.15) is 5.69 Å². The molecule has 2 rings (SSSR count). The first-order valence-corrected chi connectivity index (χ1v) is 4.77. The van der Waals surface area contributed by atoms with Crippen molar-refractivity contribution in [1.29, 1.82) is 0 Å². The lowest BCUT2D eigenvalue weighted by Crippen LogP contribution is -2.04. The predicted molar refractivity (Wildman–Crippen MR) is 58.5 cm³/mol. The second-order valence-corrected chi connectivity index (χ2v) is 3.34. The molecule has 0 amide bonds. The Bertz CT molecular complexity index is 451. The van der Waals surface area contributed by atoms with Crippen molar-refractivity contribution in [2.45, 2.75) is 6.54 Å². The number of H-pyrrole nitrogens is 1. The molecule has 0 atom stereocenters. The highest BCUT2D eigenvalue weighted by Crippen LogP contribution is 2.20. The van der Waals surface area contributed by atoms with Gasteiger partial charge in [0.15, 0.2) is 0 Å². The molecule has 0 saturated heterocycles. The standard InChI is InChI=1S/C11H13N3O/c1-12-6-9-7-13-11(14-9)8-3-2-4-10(15)5-8/h2-5,7,12,15H,6H2,1H3,(H,13,14). The molecule has 0 bridgehead atoms. The molecule has 0 aliphatic carbocycles. The summed E-state index contributed by atoms with van der Waals surface area (Å²) < 4.78 is 0. The van der Waals surface area contributed by atoms with Crippen molar-refractivity contribution < 1.29 is 5.11 Å². The first-order valence-electron chi connectivity index (χ1n) is 4.77. The number of hydrogen-bond acceptors (Lipinski definition) is 3. The van der Waals surface area contributed by atoms with Crippen molar-refractivity contribution in [3.8, 4) is 17.1 Å². The number of aromatic amines is 1. The number of benzene rings is 1. The number of aromatic nitrogens is 2. The molecule has 15 heavy (non-hydrogen) atoms. The van der Waals surface area contributed by atoms with Gasteiger partial charge in [-0.2, -0.15) is 0 Å². The van der Waals surface area contributed by atoms with Crippen LogP contribution in [-0.4, -0.2) is 22.1 Å². The minimum Gasteiger partial charge on any atom is -0.508 e. The lowest BCUT2D eigenvalue weighted by atomic mass is 10.2. The molecule has 2 aromatic rings. The number of aromatic hydroxyl groups is 1. The van der Waals surface area contributed by atoms with E-state index in [9.17, 15) is 5.11 Å². The van der Waals surface area contributed by atoms with Crippen LogP contribution in [0.3, 0.4) is 0 Å². The molecule has 1 aromatic heterocycles. The van der Waals surface area contributed by atoms with E-state index in [1.807, 2.05) is 13.1 Å². The van der Waals surface area contributed by atoms with E-state index in [-0.39, 0.29) is 5.75 Å². The van der Waals surface area contributed by atoms with Gasteiger partial charge < -0.3 is 15.4 Å². The first-order chi connectivity index (χ1) is 7.29. The topological polar surface area (TPSA) is 60.9 Å². The van der Waals surface area contributed by atoms with Crippen molar-refractivity contribution in [1.82, 2.24) is 15.3 Å². The van der Waals surface area contributed by atoms with Crippen LogP contribution in [0.25, 0.3) is 11.4 Å². The summed E-state index contributed by atoms with van der Waals surface area (Å²) in [5, 5.41) is 12.4. The van der Waals surface area contributed by atoms with Crippen LogP contribution < -0.4 is 5.32 Å². The van der Waals surface area contributed by atoms with Gasteiger partial charge >= 0.3 is 0 Å². The van der Waals surface area contributed by atoms with Crippen LogP contribution in [-0.2, 0) is 6.54 Å². The van der Waals surface area contributed by atoms with Gasteiger partial charge in [-0.25, -0.2) is 4.98 Å². The third-order valence-electron chi connectivity index (χ3n) is 2.12. The van der Waals surface area contributed by atoms with Gasteiger partial charge in [-0.05, 0) is 19.2 Å². The molecule has 3 N–H and O–H groups in total.